The molecule has 0 N–H and O–H groups in total. The number of benzene rings is 1. The predicted octanol–water partition coefficient (Wildman–Crippen LogP) is 2.47. The molecule has 3 rings (SSSR count). The van der Waals surface area contributed by atoms with Gasteiger partial charge in [0.2, 0.25) is 11.3 Å². The molecule has 1 aliphatic rings. The lowest BCUT2D eigenvalue weighted by Gasteiger charge is -2.01. The third-order valence-electron chi connectivity index (χ3n) is 2.28. The molecular weight excluding hydrogens is 210 g/mol. The van der Waals surface area contributed by atoms with Crippen molar-refractivity contribution in [1.29, 1.82) is 0 Å². The normalized spacial score (nSPS) is 14.1. The summed E-state index contributed by atoms with van der Waals surface area (Å²) >= 11 is 1.50. The van der Waals surface area contributed by atoms with Crippen molar-refractivity contribution in [3.05, 3.63) is 41.0 Å². The van der Waals surface area contributed by atoms with Crippen LogP contribution in [0.5, 0.6) is 0 Å². The van der Waals surface area contributed by atoms with Crippen molar-refractivity contribution in [2.75, 3.05) is 5.75 Å². The van der Waals surface area contributed by atoms with E-state index in [2.05, 4.69) is 0 Å². The summed E-state index contributed by atoms with van der Waals surface area (Å²) in [6.45, 7) is 0. The van der Waals surface area contributed by atoms with Crippen molar-refractivity contribution in [3.8, 4) is 0 Å². The van der Waals surface area contributed by atoms with Crippen molar-refractivity contribution in [3.63, 3.8) is 0 Å². The topological polar surface area (TPSA) is 36.1 Å². The fraction of sp³-hybridized carbons (Fsp3) is 0.0909. The van der Waals surface area contributed by atoms with E-state index in [1.54, 1.807) is 12.1 Å². The SMILES string of the molecule is O=[n+]1c2c(oc3ccccc31)C=CCS2. The molecule has 4 heteroatoms. The number of aromatic nitrogens is 1. The van der Waals surface area contributed by atoms with Crippen LogP contribution < -0.4 is 4.43 Å². The third-order valence-corrected chi connectivity index (χ3v) is 3.28. The fourth-order valence-electron chi connectivity index (χ4n) is 1.60. The van der Waals surface area contributed by atoms with E-state index in [9.17, 15) is 4.91 Å². The molecule has 0 atom stereocenters. The standard InChI is InChI=1S/C11H8NO2S/c13-12-8-4-1-2-5-9(8)14-10-6-3-7-15-11(10)12/h1-6H,7H2/q+1. The van der Waals surface area contributed by atoms with Crippen LogP contribution in [0.1, 0.15) is 5.76 Å². The second kappa shape index (κ2) is 3.24. The first-order chi connectivity index (χ1) is 7.36. The number of fused-ring (bicyclic) bond motifs is 2. The van der Waals surface area contributed by atoms with Gasteiger partial charge in [0, 0.05) is 16.7 Å². The van der Waals surface area contributed by atoms with Crippen LogP contribution in [0.15, 0.2) is 39.8 Å². The molecule has 0 radical (unpaired) electrons. The van der Waals surface area contributed by atoms with Crippen LogP contribution in [-0.4, -0.2) is 5.75 Å². The molecule has 1 aromatic heterocycles. The highest BCUT2D eigenvalue weighted by Crippen LogP contribution is 2.26. The Labute approximate surface area is 90.0 Å². The maximum absolute atomic E-state index is 12.0. The lowest BCUT2D eigenvalue weighted by Crippen LogP contribution is -2.20. The lowest BCUT2D eigenvalue weighted by molar-refractivity contribution is -0.512. The molecule has 0 unspecified atom stereocenters. The van der Waals surface area contributed by atoms with E-state index < -0.39 is 0 Å². The van der Waals surface area contributed by atoms with Gasteiger partial charge in [-0.05, 0) is 23.9 Å². The zero-order chi connectivity index (χ0) is 10.3. The van der Waals surface area contributed by atoms with E-state index in [4.69, 9.17) is 4.42 Å². The molecule has 0 spiro atoms. The average Bonchev–Trinajstić information content (AvgIpc) is 2.30. The predicted molar refractivity (Wildman–Crippen MR) is 59.3 cm³/mol. The van der Waals surface area contributed by atoms with Crippen LogP contribution in [0, 0.1) is 4.91 Å². The number of hydrogen-bond acceptors (Lipinski definition) is 3. The highest BCUT2D eigenvalue weighted by molar-refractivity contribution is 7.99. The zero-order valence-corrected chi connectivity index (χ0v) is 8.66. The first kappa shape index (κ1) is 8.73. The number of nitrogens with zero attached hydrogens (tertiary/aromatic N) is 1. The third kappa shape index (κ3) is 1.29. The molecule has 2 aromatic rings. The van der Waals surface area contributed by atoms with Gasteiger partial charge in [0.05, 0.1) is 4.43 Å². The van der Waals surface area contributed by atoms with Crippen molar-refractivity contribution >= 4 is 28.9 Å². The Bertz CT molecular complexity index is 616. The largest absolute Gasteiger partial charge is 0.442 e. The monoisotopic (exact) mass is 218 g/mol. The van der Waals surface area contributed by atoms with Gasteiger partial charge in [-0.3, -0.25) is 0 Å². The van der Waals surface area contributed by atoms with Crippen LogP contribution in [0.25, 0.3) is 17.2 Å². The van der Waals surface area contributed by atoms with Crippen molar-refractivity contribution in [2.24, 2.45) is 0 Å². The van der Waals surface area contributed by atoms with Gasteiger partial charge in [0.25, 0.3) is 0 Å². The van der Waals surface area contributed by atoms with Crippen LogP contribution in [-0.2, 0) is 0 Å². The lowest BCUT2D eigenvalue weighted by atomic mass is 10.3. The summed E-state index contributed by atoms with van der Waals surface area (Å²) in [5.74, 6) is 1.48. The van der Waals surface area contributed by atoms with Gasteiger partial charge in [-0.25, -0.2) is 0 Å². The zero-order valence-electron chi connectivity index (χ0n) is 7.84. The summed E-state index contributed by atoms with van der Waals surface area (Å²) in [6.07, 6.45) is 3.85. The van der Waals surface area contributed by atoms with Gasteiger partial charge in [0.15, 0.2) is 0 Å². The second-order valence-corrected chi connectivity index (χ2v) is 4.26. The average molecular weight is 218 g/mol. The summed E-state index contributed by atoms with van der Waals surface area (Å²) < 4.78 is 6.58. The number of rotatable bonds is 0. The Morgan fingerprint density at radius 1 is 1.33 bits per heavy atom. The van der Waals surface area contributed by atoms with Crippen LogP contribution >= 0.6 is 11.8 Å². The molecule has 1 aromatic carbocycles. The Balaban J connectivity index is 2.48. The summed E-state index contributed by atoms with van der Waals surface area (Å²) in [7, 11) is 0. The van der Waals surface area contributed by atoms with Crippen molar-refractivity contribution < 1.29 is 8.84 Å². The molecule has 0 saturated carbocycles. The Morgan fingerprint density at radius 2 is 2.20 bits per heavy atom. The summed E-state index contributed by atoms with van der Waals surface area (Å²) in [5, 5.41) is 0.649. The molecule has 2 heterocycles. The first-order valence-electron chi connectivity index (χ1n) is 4.64. The van der Waals surface area contributed by atoms with Crippen molar-refractivity contribution in [2.45, 2.75) is 5.03 Å². The molecule has 0 bridgehead atoms. The van der Waals surface area contributed by atoms with E-state index >= 15 is 0 Å². The van der Waals surface area contributed by atoms with Gasteiger partial charge in [-0.15, -0.1) is 0 Å². The Morgan fingerprint density at radius 3 is 3.13 bits per heavy atom. The molecule has 0 fully saturated rings. The number of hydrogen-bond donors (Lipinski definition) is 0. The van der Waals surface area contributed by atoms with E-state index in [0.717, 1.165) is 10.2 Å². The highest BCUT2D eigenvalue weighted by atomic mass is 32.2. The maximum atomic E-state index is 12.0. The smallest absolute Gasteiger partial charge is 0.340 e. The summed E-state index contributed by atoms with van der Waals surface area (Å²) in [6, 6.07) is 7.27. The maximum Gasteiger partial charge on any atom is 0.340 e. The van der Waals surface area contributed by atoms with Crippen LogP contribution in [0.3, 0.4) is 0 Å². The summed E-state index contributed by atoms with van der Waals surface area (Å²) in [5.41, 5.74) is 1.21. The number of para-hydroxylation sites is 2. The van der Waals surface area contributed by atoms with Gasteiger partial charge in [0.1, 0.15) is 0 Å². The van der Waals surface area contributed by atoms with E-state index in [-0.39, 0.29) is 0 Å². The molecular formula is C11H8NO2S+. The molecule has 15 heavy (non-hydrogen) atoms. The van der Waals surface area contributed by atoms with Crippen LogP contribution in [0.4, 0.5) is 0 Å². The van der Waals surface area contributed by atoms with Gasteiger partial charge >= 0.3 is 10.5 Å². The Hall–Kier alpha value is -1.55. The molecule has 3 nitrogen and oxygen atoms in total. The highest BCUT2D eigenvalue weighted by Gasteiger charge is 2.23. The first-order valence-corrected chi connectivity index (χ1v) is 5.62. The van der Waals surface area contributed by atoms with Crippen LogP contribution in [0.2, 0.25) is 0 Å². The molecule has 1 aliphatic heterocycles. The van der Waals surface area contributed by atoms with Crippen molar-refractivity contribution in [1.82, 2.24) is 0 Å². The minimum atomic E-state index is 0.582. The second-order valence-electron chi connectivity index (χ2n) is 3.25. The molecule has 74 valence electrons. The Kier molecular flexibility index (Phi) is 1.89. The van der Waals surface area contributed by atoms with Gasteiger partial charge < -0.3 is 4.42 Å². The van der Waals surface area contributed by atoms with E-state index in [0.29, 0.717) is 21.9 Å². The molecule has 0 amide bonds. The van der Waals surface area contributed by atoms with Gasteiger partial charge in [-0.1, -0.05) is 18.2 Å². The van der Waals surface area contributed by atoms with Gasteiger partial charge in [-0.2, -0.15) is 0 Å². The molecule has 0 saturated heterocycles. The van der Waals surface area contributed by atoms with E-state index in [1.165, 1.54) is 11.8 Å². The summed E-state index contributed by atoms with van der Waals surface area (Å²) in [4.78, 5) is 12.0. The quantitative estimate of drug-likeness (QED) is 0.637. The van der Waals surface area contributed by atoms with E-state index in [1.807, 2.05) is 24.3 Å². The molecule has 0 aliphatic carbocycles. The minimum Gasteiger partial charge on any atom is -0.442 e. The number of thioether (sulfide) groups is 1. The fourth-order valence-corrected chi connectivity index (χ4v) is 2.42. The minimum absolute atomic E-state index is 0.582.